The SMILES string of the molecule is CCCC(CBr)CN1CCCOC(C)C1. The Balaban J connectivity index is 2.33. The standard InChI is InChI=1S/C12H24BrNO/c1-3-5-12(8-13)10-14-6-4-7-15-11(2)9-14/h11-12H,3-10H2,1-2H3. The Morgan fingerprint density at radius 2 is 2.33 bits per heavy atom. The first-order chi connectivity index (χ1) is 7.26. The van der Waals surface area contributed by atoms with E-state index in [4.69, 9.17) is 4.74 Å². The molecule has 0 radical (unpaired) electrons. The summed E-state index contributed by atoms with van der Waals surface area (Å²) in [5.74, 6) is 0.806. The Morgan fingerprint density at radius 1 is 1.53 bits per heavy atom. The summed E-state index contributed by atoms with van der Waals surface area (Å²) in [6, 6.07) is 0. The third-order valence-corrected chi connectivity index (χ3v) is 3.88. The zero-order valence-corrected chi connectivity index (χ0v) is 11.6. The molecular weight excluding hydrogens is 254 g/mol. The molecule has 2 nitrogen and oxygen atoms in total. The molecule has 1 rings (SSSR count). The highest BCUT2D eigenvalue weighted by Gasteiger charge is 2.17. The van der Waals surface area contributed by atoms with Crippen LogP contribution in [0.1, 0.15) is 33.1 Å². The molecule has 0 N–H and O–H groups in total. The maximum absolute atomic E-state index is 5.65. The predicted molar refractivity (Wildman–Crippen MR) is 68.7 cm³/mol. The monoisotopic (exact) mass is 277 g/mol. The minimum Gasteiger partial charge on any atom is -0.377 e. The zero-order valence-electron chi connectivity index (χ0n) is 10.0. The number of ether oxygens (including phenoxy) is 1. The first kappa shape index (κ1) is 13.5. The highest BCUT2D eigenvalue weighted by molar-refractivity contribution is 9.09. The maximum atomic E-state index is 5.65. The maximum Gasteiger partial charge on any atom is 0.0673 e. The molecule has 1 aliphatic rings. The van der Waals surface area contributed by atoms with Crippen molar-refractivity contribution in [2.24, 2.45) is 5.92 Å². The molecule has 0 aliphatic carbocycles. The fourth-order valence-corrected chi connectivity index (χ4v) is 2.77. The molecule has 2 atom stereocenters. The summed E-state index contributed by atoms with van der Waals surface area (Å²) in [5.41, 5.74) is 0. The van der Waals surface area contributed by atoms with E-state index in [0.29, 0.717) is 6.10 Å². The number of rotatable bonds is 5. The van der Waals surface area contributed by atoms with Crippen LogP contribution in [0.4, 0.5) is 0 Å². The van der Waals surface area contributed by atoms with Crippen molar-refractivity contribution in [3.63, 3.8) is 0 Å². The van der Waals surface area contributed by atoms with E-state index in [1.807, 2.05) is 0 Å². The van der Waals surface area contributed by atoms with Crippen molar-refractivity contribution in [2.45, 2.75) is 39.2 Å². The molecule has 1 aliphatic heterocycles. The van der Waals surface area contributed by atoms with Gasteiger partial charge in [-0.25, -0.2) is 0 Å². The summed E-state index contributed by atoms with van der Waals surface area (Å²) in [7, 11) is 0. The van der Waals surface area contributed by atoms with Crippen molar-refractivity contribution in [3.8, 4) is 0 Å². The average molecular weight is 278 g/mol. The van der Waals surface area contributed by atoms with Gasteiger partial charge in [-0.15, -0.1) is 0 Å². The van der Waals surface area contributed by atoms with Gasteiger partial charge in [0.25, 0.3) is 0 Å². The van der Waals surface area contributed by atoms with Crippen LogP contribution in [0.3, 0.4) is 0 Å². The smallest absolute Gasteiger partial charge is 0.0673 e. The van der Waals surface area contributed by atoms with Gasteiger partial charge in [0, 0.05) is 31.6 Å². The molecule has 0 saturated carbocycles. The summed E-state index contributed by atoms with van der Waals surface area (Å²) in [6.45, 7) is 8.92. The molecule has 0 bridgehead atoms. The van der Waals surface area contributed by atoms with Crippen LogP contribution in [0.2, 0.25) is 0 Å². The van der Waals surface area contributed by atoms with E-state index in [1.54, 1.807) is 0 Å². The largest absolute Gasteiger partial charge is 0.377 e. The number of hydrogen-bond acceptors (Lipinski definition) is 2. The van der Waals surface area contributed by atoms with Gasteiger partial charge in [-0.05, 0) is 25.7 Å². The number of alkyl halides is 1. The van der Waals surface area contributed by atoms with Crippen LogP contribution in [-0.2, 0) is 4.74 Å². The highest BCUT2D eigenvalue weighted by atomic mass is 79.9. The van der Waals surface area contributed by atoms with Crippen LogP contribution in [0, 0.1) is 5.92 Å². The third-order valence-electron chi connectivity index (χ3n) is 2.97. The highest BCUT2D eigenvalue weighted by Crippen LogP contribution is 2.14. The number of hydrogen-bond donors (Lipinski definition) is 0. The predicted octanol–water partition coefficient (Wildman–Crippen LogP) is 2.91. The van der Waals surface area contributed by atoms with Crippen LogP contribution in [0.25, 0.3) is 0 Å². The second-order valence-corrected chi connectivity index (χ2v) is 5.25. The topological polar surface area (TPSA) is 12.5 Å². The van der Waals surface area contributed by atoms with Gasteiger partial charge in [-0.1, -0.05) is 29.3 Å². The van der Waals surface area contributed by atoms with Crippen LogP contribution < -0.4 is 0 Å². The second-order valence-electron chi connectivity index (χ2n) is 4.60. The van der Waals surface area contributed by atoms with Crippen molar-refractivity contribution in [1.29, 1.82) is 0 Å². The van der Waals surface area contributed by atoms with Gasteiger partial charge < -0.3 is 9.64 Å². The molecule has 0 amide bonds. The molecule has 3 heteroatoms. The Kier molecular flexibility index (Phi) is 6.86. The first-order valence-electron chi connectivity index (χ1n) is 6.16. The van der Waals surface area contributed by atoms with Gasteiger partial charge in [0.1, 0.15) is 0 Å². The fourth-order valence-electron chi connectivity index (χ4n) is 2.24. The van der Waals surface area contributed by atoms with Crippen LogP contribution in [0.5, 0.6) is 0 Å². The molecule has 1 fully saturated rings. The van der Waals surface area contributed by atoms with E-state index in [1.165, 1.54) is 32.4 Å². The van der Waals surface area contributed by atoms with Gasteiger partial charge in [0.15, 0.2) is 0 Å². The van der Waals surface area contributed by atoms with E-state index < -0.39 is 0 Å². The number of nitrogens with zero attached hydrogens (tertiary/aromatic N) is 1. The lowest BCUT2D eigenvalue weighted by atomic mass is 10.1. The lowest BCUT2D eigenvalue weighted by Crippen LogP contribution is -2.35. The summed E-state index contributed by atoms with van der Waals surface area (Å²) in [5, 5.41) is 1.13. The van der Waals surface area contributed by atoms with Crippen molar-refractivity contribution in [3.05, 3.63) is 0 Å². The molecule has 15 heavy (non-hydrogen) atoms. The van der Waals surface area contributed by atoms with Gasteiger partial charge in [0.05, 0.1) is 6.10 Å². The van der Waals surface area contributed by atoms with Gasteiger partial charge in [-0.2, -0.15) is 0 Å². The molecule has 0 spiro atoms. The van der Waals surface area contributed by atoms with Gasteiger partial charge in [0.2, 0.25) is 0 Å². The first-order valence-corrected chi connectivity index (χ1v) is 7.28. The quantitative estimate of drug-likeness (QED) is 0.717. The molecule has 90 valence electrons. The van der Waals surface area contributed by atoms with E-state index in [0.717, 1.165) is 24.4 Å². The van der Waals surface area contributed by atoms with Crippen molar-refractivity contribution in [2.75, 3.05) is 31.6 Å². The van der Waals surface area contributed by atoms with E-state index in [-0.39, 0.29) is 0 Å². The van der Waals surface area contributed by atoms with E-state index in [9.17, 15) is 0 Å². The van der Waals surface area contributed by atoms with Crippen molar-refractivity contribution >= 4 is 15.9 Å². The van der Waals surface area contributed by atoms with E-state index in [2.05, 4.69) is 34.7 Å². The average Bonchev–Trinajstić information content (AvgIpc) is 2.42. The van der Waals surface area contributed by atoms with E-state index >= 15 is 0 Å². The molecule has 1 saturated heterocycles. The van der Waals surface area contributed by atoms with Crippen LogP contribution in [0.15, 0.2) is 0 Å². The Morgan fingerprint density at radius 3 is 3.00 bits per heavy atom. The summed E-state index contributed by atoms with van der Waals surface area (Å²) < 4.78 is 5.65. The summed E-state index contributed by atoms with van der Waals surface area (Å²) in [6.07, 6.45) is 4.21. The Labute approximate surface area is 102 Å². The lowest BCUT2D eigenvalue weighted by Gasteiger charge is -2.26. The van der Waals surface area contributed by atoms with Crippen LogP contribution in [-0.4, -0.2) is 42.6 Å². The summed E-state index contributed by atoms with van der Waals surface area (Å²) in [4.78, 5) is 2.57. The molecule has 0 aromatic rings. The number of halogens is 1. The van der Waals surface area contributed by atoms with Gasteiger partial charge >= 0.3 is 0 Å². The molecule has 0 aromatic carbocycles. The normalized spacial score (nSPS) is 26.2. The summed E-state index contributed by atoms with van der Waals surface area (Å²) >= 11 is 3.62. The Hall–Kier alpha value is 0.400. The van der Waals surface area contributed by atoms with Crippen molar-refractivity contribution in [1.82, 2.24) is 4.90 Å². The Bertz CT molecular complexity index is 166. The molecule has 2 unspecified atom stereocenters. The third kappa shape index (κ3) is 5.32. The van der Waals surface area contributed by atoms with Crippen LogP contribution >= 0.6 is 15.9 Å². The second kappa shape index (κ2) is 7.64. The minimum atomic E-state index is 0.408. The lowest BCUT2D eigenvalue weighted by molar-refractivity contribution is 0.0658. The fraction of sp³-hybridized carbons (Fsp3) is 1.00. The minimum absolute atomic E-state index is 0.408. The zero-order chi connectivity index (χ0) is 11.1. The molecular formula is C12H24BrNO. The molecule has 1 heterocycles. The van der Waals surface area contributed by atoms with Gasteiger partial charge in [-0.3, -0.25) is 0 Å². The van der Waals surface area contributed by atoms with Crippen molar-refractivity contribution < 1.29 is 4.74 Å². The molecule has 0 aromatic heterocycles.